The Bertz CT molecular complexity index is 517. The van der Waals surface area contributed by atoms with Crippen molar-refractivity contribution in [3.63, 3.8) is 0 Å². The van der Waals surface area contributed by atoms with Gasteiger partial charge >= 0.3 is 11.9 Å². The second-order valence-electron chi connectivity index (χ2n) is 10.4. The molecule has 2 aliphatic carbocycles. The molecule has 0 radical (unpaired) electrons. The fourth-order valence-corrected chi connectivity index (χ4v) is 5.84. The Morgan fingerprint density at radius 2 is 1.50 bits per heavy atom. The van der Waals surface area contributed by atoms with Crippen LogP contribution in [-0.2, 0) is 14.3 Å². The molecule has 162 valence electrons. The molecule has 0 bridgehead atoms. The van der Waals surface area contributed by atoms with E-state index < -0.39 is 17.8 Å². The van der Waals surface area contributed by atoms with Gasteiger partial charge in [-0.2, -0.15) is 0 Å². The summed E-state index contributed by atoms with van der Waals surface area (Å²) < 4.78 is 6.20. The van der Waals surface area contributed by atoms with E-state index >= 15 is 0 Å². The summed E-state index contributed by atoms with van der Waals surface area (Å²) in [6.45, 7) is 13.6. The third-order valence-corrected chi connectivity index (χ3v) is 7.69. The molecule has 4 nitrogen and oxygen atoms in total. The molecule has 1 N–H and O–H groups in total. The maximum atomic E-state index is 13.1. The second-order valence-corrected chi connectivity index (χ2v) is 10.4. The molecule has 2 fully saturated rings. The van der Waals surface area contributed by atoms with E-state index in [0.29, 0.717) is 42.4 Å². The summed E-state index contributed by atoms with van der Waals surface area (Å²) >= 11 is 0. The minimum atomic E-state index is -0.845. The normalized spacial score (nSPS) is 36.0. The van der Waals surface area contributed by atoms with Gasteiger partial charge in [0.15, 0.2) is 0 Å². The fourth-order valence-electron chi connectivity index (χ4n) is 5.84. The average molecular weight is 395 g/mol. The van der Waals surface area contributed by atoms with Gasteiger partial charge in [0.2, 0.25) is 0 Å². The van der Waals surface area contributed by atoms with Crippen LogP contribution in [0.25, 0.3) is 0 Å². The Labute approximate surface area is 171 Å². The van der Waals surface area contributed by atoms with Crippen molar-refractivity contribution >= 4 is 11.9 Å². The van der Waals surface area contributed by atoms with Crippen LogP contribution in [0.5, 0.6) is 0 Å². The van der Waals surface area contributed by atoms with Crippen molar-refractivity contribution in [3.05, 3.63) is 0 Å². The number of ether oxygens (including phenoxy) is 1. The molecule has 0 aromatic carbocycles. The lowest BCUT2D eigenvalue weighted by Crippen LogP contribution is -2.43. The zero-order valence-electron chi connectivity index (χ0n) is 18.8. The van der Waals surface area contributed by atoms with Crippen LogP contribution in [0.15, 0.2) is 0 Å². The zero-order chi connectivity index (χ0) is 21.0. The zero-order valence-corrected chi connectivity index (χ0v) is 18.8. The van der Waals surface area contributed by atoms with Crippen molar-refractivity contribution in [1.82, 2.24) is 0 Å². The first kappa shape index (κ1) is 23.2. The van der Waals surface area contributed by atoms with Crippen molar-refractivity contribution < 1.29 is 19.4 Å². The monoisotopic (exact) mass is 394 g/mol. The highest BCUT2D eigenvalue weighted by atomic mass is 16.5. The summed E-state index contributed by atoms with van der Waals surface area (Å²) in [4.78, 5) is 24.8. The minimum absolute atomic E-state index is 0.0984. The van der Waals surface area contributed by atoms with Crippen LogP contribution in [0.1, 0.15) is 86.5 Å². The van der Waals surface area contributed by atoms with Gasteiger partial charge in [0.05, 0.1) is 11.8 Å². The summed E-state index contributed by atoms with van der Waals surface area (Å²) in [6.07, 6.45) is 6.19. The standard InChI is InChI=1S/C24H42O4/c1-14(2)16(4)13-21(22-17(5)11-15(3)12-18(22)6)28-24(27)20-10-8-7-9-19(20)23(25)26/h14-22H,7-13H2,1-6H3,(H,25,26). The van der Waals surface area contributed by atoms with Gasteiger partial charge in [-0.15, -0.1) is 0 Å². The lowest BCUT2D eigenvalue weighted by atomic mass is 9.66. The largest absolute Gasteiger partial charge is 0.481 e. The van der Waals surface area contributed by atoms with Crippen LogP contribution in [0.4, 0.5) is 0 Å². The molecule has 0 aromatic rings. The summed E-state index contributed by atoms with van der Waals surface area (Å²) in [7, 11) is 0. The van der Waals surface area contributed by atoms with Crippen molar-refractivity contribution in [2.45, 2.75) is 92.6 Å². The predicted molar refractivity (Wildman–Crippen MR) is 112 cm³/mol. The Morgan fingerprint density at radius 1 is 0.964 bits per heavy atom. The quantitative estimate of drug-likeness (QED) is 0.555. The first-order chi connectivity index (χ1) is 13.1. The van der Waals surface area contributed by atoms with Crippen LogP contribution >= 0.6 is 0 Å². The van der Waals surface area contributed by atoms with Gasteiger partial charge in [-0.25, -0.2) is 0 Å². The van der Waals surface area contributed by atoms with Crippen LogP contribution in [-0.4, -0.2) is 23.1 Å². The van der Waals surface area contributed by atoms with E-state index in [-0.39, 0.29) is 12.1 Å². The van der Waals surface area contributed by atoms with Crippen molar-refractivity contribution in [3.8, 4) is 0 Å². The lowest BCUT2D eigenvalue weighted by molar-refractivity contribution is -0.170. The number of carbonyl (C=O) groups is 2. The molecule has 28 heavy (non-hydrogen) atoms. The number of carboxylic acids is 1. The van der Waals surface area contributed by atoms with Crippen LogP contribution in [0.3, 0.4) is 0 Å². The molecule has 0 heterocycles. The SMILES string of the molecule is CC1CC(C)C(C(CC(C)C(C)C)OC(=O)C2CCCCC2C(=O)O)C(C)C1. The van der Waals surface area contributed by atoms with E-state index in [2.05, 4.69) is 41.5 Å². The smallest absolute Gasteiger partial charge is 0.310 e. The van der Waals surface area contributed by atoms with Crippen LogP contribution in [0.2, 0.25) is 0 Å². The van der Waals surface area contributed by atoms with E-state index in [4.69, 9.17) is 4.74 Å². The van der Waals surface area contributed by atoms with Gasteiger partial charge in [-0.05, 0) is 61.7 Å². The highest BCUT2D eigenvalue weighted by Gasteiger charge is 2.42. The highest BCUT2D eigenvalue weighted by molar-refractivity contribution is 5.81. The molecule has 2 aliphatic rings. The molecule has 6 unspecified atom stereocenters. The molecule has 0 spiro atoms. The van der Waals surface area contributed by atoms with E-state index in [1.54, 1.807) is 0 Å². The lowest BCUT2D eigenvalue weighted by Gasteiger charge is -2.43. The van der Waals surface area contributed by atoms with E-state index in [9.17, 15) is 14.7 Å². The van der Waals surface area contributed by atoms with Crippen molar-refractivity contribution in [2.24, 2.45) is 47.3 Å². The molecule has 6 atom stereocenters. The highest BCUT2D eigenvalue weighted by Crippen LogP contribution is 2.43. The number of hydrogen-bond donors (Lipinski definition) is 1. The molecule has 0 saturated heterocycles. The Morgan fingerprint density at radius 3 is 2.00 bits per heavy atom. The maximum absolute atomic E-state index is 13.1. The number of hydrogen-bond acceptors (Lipinski definition) is 3. The van der Waals surface area contributed by atoms with Gasteiger partial charge < -0.3 is 9.84 Å². The number of rotatable bonds is 7. The van der Waals surface area contributed by atoms with E-state index in [1.165, 1.54) is 12.8 Å². The first-order valence-corrected chi connectivity index (χ1v) is 11.5. The molecular formula is C24H42O4. The molecule has 0 aromatic heterocycles. The van der Waals surface area contributed by atoms with E-state index in [1.807, 2.05) is 0 Å². The molecular weight excluding hydrogens is 352 g/mol. The Hall–Kier alpha value is -1.06. The van der Waals surface area contributed by atoms with Crippen molar-refractivity contribution in [1.29, 1.82) is 0 Å². The van der Waals surface area contributed by atoms with Gasteiger partial charge in [0.25, 0.3) is 0 Å². The van der Waals surface area contributed by atoms with Crippen molar-refractivity contribution in [2.75, 3.05) is 0 Å². The molecule has 4 heteroatoms. The minimum Gasteiger partial charge on any atom is -0.481 e. The van der Waals surface area contributed by atoms with Gasteiger partial charge in [0.1, 0.15) is 6.10 Å². The van der Waals surface area contributed by atoms with Crippen LogP contribution in [0, 0.1) is 47.3 Å². The Balaban J connectivity index is 2.18. The number of aliphatic carboxylic acids is 1. The number of esters is 1. The van der Waals surface area contributed by atoms with E-state index in [0.717, 1.165) is 25.2 Å². The van der Waals surface area contributed by atoms with Gasteiger partial charge in [-0.3, -0.25) is 9.59 Å². The summed E-state index contributed by atoms with van der Waals surface area (Å²) in [5, 5.41) is 9.56. The number of carboxylic acid groups (broad SMARTS) is 1. The fraction of sp³-hybridized carbons (Fsp3) is 0.917. The van der Waals surface area contributed by atoms with Gasteiger partial charge in [-0.1, -0.05) is 54.4 Å². The molecule has 2 rings (SSSR count). The van der Waals surface area contributed by atoms with Crippen LogP contribution < -0.4 is 0 Å². The molecule has 2 saturated carbocycles. The summed E-state index contributed by atoms with van der Waals surface area (Å²) in [5.41, 5.74) is 0. The molecule has 0 aliphatic heterocycles. The summed E-state index contributed by atoms with van der Waals surface area (Å²) in [5.74, 6) is 0.988. The third kappa shape index (κ3) is 5.73. The molecule has 0 amide bonds. The predicted octanol–water partition coefficient (Wildman–Crippen LogP) is 5.79. The Kier molecular flexibility index (Phi) is 8.39. The first-order valence-electron chi connectivity index (χ1n) is 11.5. The average Bonchev–Trinajstić information content (AvgIpc) is 2.60. The summed E-state index contributed by atoms with van der Waals surface area (Å²) in [6, 6.07) is 0. The third-order valence-electron chi connectivity index (χ3n) is 7.69. The maximum Gasteiger partial charge on any atom is 0.310 e. The number of carbonyl (C=O) groups excluding carboxylic acids is 1. The second kappa shape index (κ2) is 10.1. The van der Waals surface area contributed by atoms with Gasteiger partial charge in [0, 0.05) is 5.92 Å². The topological polar surface area (TPSA) is 63.6 Å².